The van der Waals surface area contributed by atoms with Crippen LogP contribution < -0.4 is 20.7 Å². The molecule has 296 valence electrons. The van der Waals surface area contributed by atoms with Crippen LogP contribution in [0.2, 0.25) is 0 Å². The van der Waals surface area contributed by atoms with Crippen LogP contribution in [0.1, 0.15) is 0 Å². The van der Waals surface area contributed by atoms with Crippen LogP contribution in [-0.4, -0.2) is 17.2 Å². The molecule has 0 atom stereocenters. The number of hydrogen-bond acceptors (Lipinski definition) is 0. The molecule has 0 saturated heterocycles. The molecule has 12 rings (SSSR count). The molecule has 0 aliphatic heterocycles. The van der Waals surface area contributed by atoms with Crippen molar-refractivity contribution in [1.82, 2.24) is 9.13 Å². The minimum absolute atomic E-state index is 1.13. The van der Waals surface area contributed by atoms with Gasteiger partial charge in [-0.3, -0.25) is 0 Å². The van der Waals surface area contributed by atoms with Gasteiger partial charge >= 0.3 is 0 Å². The van der Waals surface area contributed by atoms with Gasteiger partial charge in [-0.1, -0.05) is 212 Å². The molecule has 0 bridgehead atoms. The standard InChI is InChI=1S/C60H42N2Si/c1-6-20-43(21-7-1)45-24-18-25-47(40-45)61-56-34-17-16-32-52(56)53-33-19-35-59(60(53)61)62-57-38-36-46(44-22-8-2-9-23-44)41-54(57)55-42-51(37-39-58(55)62)63(48-26-10-3-11-27-48,49-28-12-4-13-29-49)50-30-14-5-15-31-50/h1-42H. The van der Waals surface area contributed by atoms with Crippen molar-refractivity contribution in [3.05, 3.63) is 255 Å². The van der Waals surface area contributed by atoms with Crippen molar-refractivity contribution < 1.29 is 0 Å². The summed E-state index contributed by atoms with van der Waals surface area (Å²) in [6, 6.07) is 94.3. The van der Waals surface area contributed by atoms with Gasteiger partial charge in [0.05, 0.1) is 27.8 Å². The van der Waals surface area contributed by atoms with E-state index in [1.807, 2.05) is 0 Å². The number of para-hydroxylation sites is 2. The Labute approximate surface area is 368 Å². The summed E-state index contributed by atoms with van der Waals surface area (Å²) in [5.74, 6) is 0. The maximum absolute atomic E-state index is 2.82. The first kappa shape index (κ1) is 36.8. The predicted octanol–water partition coefficient (Wildman–Crippen LogP) is 12.6. The second kappa shape index (κ2) is 15.2. The number of benzene rings is 10. The Morgan fingerprint density at radius 3 is 1.33 bits per heavy atom. The van der Waals surface area contributed by atoms with E-state index in [2.05, 4.69) is 264 Å². The van der Waals surface area contributed by atoms with Crippen molar-refractivity contribution in [2.24, 2.45) is 0 Å². The van der Waals surface area contributed by atoms with Gasteiger partial charge in [0.25, 0.3) is 0 Å². The summed E-state index contributed by atoms with van der Waals surface area (Å²) in [6.45, 7) is 0. The molecule has 0 radical (unpaired) electrons. The molecule has 2 nitrogen and oxygen atoms in total. The van der Waals surface area contributed by atoms with Gasteiger partial charge in [-0.25, -0.2) is 0 Å². The summed E-state index contributed by atoms with van der Waals surface area (Å²) >= 11 is 0. The zero-order valence-electron chi connectivity index (χ0n) is 34.6. The Bertz CT molecular complexity index is 3500. The molecule has 0 saturated carbocycles. The molecule has 12 aromatic rings. The topological polar surface area (TPSA) is 9.86 Å². The fraction of sp³-hybridized carbons (Fsp3) is 0. The van der Waals surface area contributed by atoms with Gasteiger partial charge in [-0.05, 0) is 85.5 Å². The van der Waals surface area contributed by atoms with Gasteiger partial charge in [0, 0.05) is 27.2 Å². The van der Waals surface area contributed by atoms with Gasteiger partial charge in [0.15, 0.2) is 8.07 Å². The van der Waals surface area contributed by atoms with Crippen LogP contribution in [-0.2, 0) is 0 Å². The highest BCUT2D eigenvalue weighted by atomic mass is 28.3. The van der Waals surface area contributed by atoms with Crippen molar-refractivity contribution in [2.45, 2.75) is 0 Å². The van der Waals surface area contributed by atoms with Gasteiger partial charge in [0.1, 0.15) is 0 Å². The number of fused-ring (bicyclic) bond motifs is 6. The quantitative estimate of drug-likeness (QED) is 0.107. The first-order valence-electron chi connectivity index (χ1n) is 21.8. The lowest BCUT2D eigenvalue weighted by atomic mass is 10.0. The smallest absolute Gasteiger partial charge is 0.179 e. The molecule has 2 heterocycles. The molecule has 0 fully saturated rings. The van der Waals surface area contributed by atoms with Crippen molar-refractivity contribution in [3.63, 3.8) is 0 Å². The first-order valence-corrected chi connectivity index (χ1v) is 23.8. The largest absolute Gasteiger partial charge is 0.307 e. The molecule has 10 aromatic carbocycles. The van der Waals surface area contributed by atoms with Crippen molar-refractivity contribution in [2.75, 3.05) is 0 Å². The van der Waals surface area contributed by atoms with Crippen LogP contribution in [0.15, 0.2) is 255 Å². The molecule has 63 heavy (non-hydrogen) atoms. The Kier molecular flexibility index (Phi) is 8.87. The van der Waals surface area contributed by atoms with Crippen LogP contribution in [0.5, 0.6) is 0 Å². The molecular weight excluding hydrogens is 777 g/mol. The third-order valence-corrected chi connectivity index (χ3v) is 17.8. The van der Waals surface area contributed by atoms with E-state index in [-0.39, 0.29) is 0 Å². The summed E-state index contributed by atoms with van der Waals surface area (Å²) in [5, 5.41) is 10.4. The molecule has 0 N–H and O–H groups in total. The van der Waals surface area contributed by atoms with Crippen molar-refractivity contribution in [3.8, 4) is 33.6 Å². The van der Waals surface area contributed by atoms with E-state index in [0.29, 0.717) is 0 Å². The minimum atomic E-state index is -2.82. The van der Waals surface area contributed by atoms with E-state index in [0.717, 1.165) is 11.4 Å². The highest BCUT2D eigenvalue weighted by Crippen LogP contribution is 2.41. The number of hydrogen-bond donors (Lipinski definition) is 0. The normalized spacial score (nSPS) is 11.8. The molecule has 3 heteroatoms. The fourth-order valence-corrected chi connectivity index (χ4v) is 15.1. The lowest BCUT2D eigenvalue weighted by Crippen LogP contribution is -2.74. The molecule has 0 aliphatic carbocycles. The summed E-state index contributed by atoms with van der Waals surface area (Å²) in [6.07, 6.45) is 0. The van der Waals surface area contributed by atoms with E-state index >= 15 is 0 Å². The average molecular weight is 819 g/mol. The Balaban J connectivity index is 1.19. The van der Waals surface area contributed by atoms with Gasteiger partial charge in [0.2, 0.25) is 0 Å². The Hall–Kier alpha value is -7.98. The van der Waals surface area contributed by atoms with Gasteiger partial charge < -0.3 is 9.13 Å². The van der Waals surface area contributed by atoms with Gasteiger partial charge in [-0.15, -0.1) is 0 Å². The van der Waals surface area contributed by atoms with E-state index in [1.54, 1.807) is 0 Å². The highest BCUT2D eigenvalue weighted by Gasteiger charge is 2.41. The van der Waals surface area contributed by atoms with Crippen LogP contribution in [0.25, 0.3) is 77.2 Å². The SMILES string of the molecule is c1ccc(-c2cccc(-n3c4ccccc4c4cccc(-n5c6ccc(-c7ccccc7)cc6c6cc([Si](c7ccccc7)(c7ccccc7)c7ccccc7)ccc65)c43)c2)cc1. The molecule has 0 aliphatic rings. The molecule has 0 spiro atoms. The molecule has 0 amide bonds. The van der Waals surface area contributed by atoms with Crippen LogP contribution in [0, 0.1) is 0 Å². The monoisotopic (exact) mass is 818 g/mol. The zero-order chi connectivity index (χ0) is 41.7. The van der Waals surface area contributed by atoms with E-state index in [1.165, 1.54) is 86.6 Å². The molecule has 2 aromatic heterocycles. The summed E-state index contributed by atoms with van der Waals surface area (Å²) in [4.78, 5) is 0. The molecular formula is C60H42N2Si. The Morgan fingerprint density at radius 2 is 0.714 bits per heavy atom. The van der Waals surface area contributed by atoms with Crippen molar-refractivity contribution >= 4 is 72.4 Å². The van der Waals surface area contributed by atoms with E-state index < -0.39 is 8.07 Å². The van der Waals surface area contributed by atoms with Crippen LogP contribution in [0.3, 0.4) is 0 Å². The fourth-order valence-electron chi connectivity index (χ4n) is 10.3. The zero-order valence-corrected chi connectivity index (χ0v) is 35.6. The number of rotatable bonds is 8. The maximum Gasteiger partial charge on any atom is 0.179 e. The number of nitrogens with zero attached hydrogens (tertiary/aromatic N) is 2. The molecule has 0 unspecified atom stereocenters. The van der Waals surface area contributed by atoms with E-state index in [4.69, 9.17) is 0 Å². The maximum atomic E-state index is 2.54. The summed E-state index contributed by atoms with van der Waals surface area (Å²) in [7, 11) is -2.82. The minimum Gasteiger partial charge on any atom is -0.307 e. The van der Waals surface area contributed by atoms with Crippen LogP contribution >= 0.6 is 0 Å². The van der Waals surface area contributed by atoms with Crippen LogP contribution in [0.4, 0.5) is 0 Å². The lowest BCUT2D eigenvalue weighted by molar-refractivity contribution is 1.13. The van der Waals surface area contributed by atoms with E-state index in [9.17, 15) is 0 Å². The summed E-state index contributed by atoms with van der Waals surface area (Å²) < 4.78 is 5.01. The van der Waals surface area contributed by atoms with Gasteiger partial charge in [-0.2, -0.15) is 0 Å². The summed E-state index contributed by atoms with van der Waals surface area (Å²) in [5.41, 5.74) is 11.8. The number of aromatic nitrogens is 2. The second-order valence-electron chi connectivity index (χ2n) is 16.5. The van der Waals surface area contributed by atoms with Crippen molar-refractivity contribution in [1.29, 1.82) is 0 Å². The lowest BCUT2D eigenvalue weighted by Gasteiger charge is -2.34. The first-order chi connectivity index (χ1) is 31.3. The third kappa shape index (κ3) is 5.93. The highest BCUT2D eigenvalue weighted by molar-refractivity contribution is 7.20. The average Bonchev–Trinajstić information content (AvgIpc) is 3.88. The second-order valence-corrected chi connectivity index (χ2v) is 20.3. The predicted molar refractivity (Wildman–Crippen MR) is 270 cm³/mol. The third-order valence-electron chi connectivity index (χ3n) is 13.1. The Morgan fingerprint density at radius 1 is 0.254 bits per heavy atom.